The van der Waals surface area contributed by atoms with Crippen LogP contribution in [-0.2, 0) is 11.3 Å². The molecule has 2 heterocycles. The molecule has 0 aliphatic rings. The molecule has 0 aliphatic carbocycles. The fraction of sp³-hybridized carbons (Fsp3) is 0.316. The van der Waals surface area contributed by atoms with Crippen LogP contribution in [0.5, 0.6) is 0 Å². The van der Waals surface area contributed by atoms with E-state index in [4.69, 9.17) is 0 Å². The molecule has 1 amide bonds. The molecule has 1 N–H and O–H groups in total. The van der Waals surface area contributed by atoms with Crippen molar-refractivity contribution >= 4 is 11.7 Å². The van der Waals surface area contributed by atoms with E-state index in [0.29, 0.717) is 18.1 Å². The molecule has 0 bridgehead atoms. The number of nitrogens with one attached hydrogen (secondary N) is 1. The third kappa shape index (κ3) is 4.21. The minimum Gasteiger partial charge on any atom is -0.307 e. The molecule has 0 saturated heterocycles. The van der Waals surface area contributed by atoms with Gasteiger partial charge in [-0.05, 0) is 38.0 Å². The van der Waals surface area contributed by atoms with Gasteiger partial charge in [-0.2, -0.15) is 10.2 Å². The summed E-state index contributed by atoms with van der Waals surface area (Å²) in [5.41, 5.74) is 2.46. The van der Waals surface area contributed by atoms with Crippen molar-refractivity contribution in [1.29, 1.82) is 0 Å². The summed E-state index contributed by atoms with van der Waals surface area (Å²) in [7, 11) is 0. The van der Waals surface area contributed by atoms with Gasteiger partial charge >= 0.3 is 0 Å². The number of halogens is 2. The van der Waals surface area contributed by atoms with E-state index in [2.05, 4.69) is 15.5 Å². The number of rotatable bonds is 6. The third-order valence-electron chi connectivity index (χ3n) is 4.40. The highest BCUT2D eigenvalue weighted by atomic mass is 19.3. The first kappa shape index (κ1) is 18.8. The van der Waals surface area contributed by atoms with Gasteiger partial charge < -0.3 is 5.32 Å². The Kier molecular flexibility index (Phi) is 5.34. The average molecular weight is 373 g/mol. The quantitative estimate of drug-likeness (QED) is 0.713. The van der Waals surface area contributed by atoms with Gasteiger partial charge in [-0.1, -0.05) is 24.3 Å². The van der Waals surface area contributed by atoms with Crippen molar-refractivity contribution in [2.75, 3.05) is 5.32 Å². The second-order valence-electron chi connectivity index (χ2n) is 6.45. The molecule has 1 atom stereocenters. The van der Waals surface area contributed by atoms with E-state index in [9.17, 15) is 13.6 Å². The van der Waals surface area contributed by atoms with E-state index < -0.39 is 12.5 Å². The van der Waals surface area contributed by atoms with E-state index in [1.54, 1.807) is 30.8 Å². The van der Waals surface area contributed by atoms with Gasteiger partial charge in [-0.15, -0.1) is 0 Å². The zero-order chi connectivity index (χ0) is 19.6. The lowest BCUT2D eigenvalue weighted by atomic mass is 10.1. The summed E-state index contributed by atoms with van der Waals surface area (Å²) in [4.78, 5) is 12.5. The topological polar surface area (TPSA) is 64.7 Å². The van der Waals surface area contributed by atoms with E-state index in [1.165, 1.54) is 10.7 Å². The minimum atomic E-state index is -2.67. The van der Waals surface area contributed by atoms with Crippen LogP contribution in [0.2, 0.25) is 0 Å². The van der Waals surface area contributed by atoms with Crippen molar-refractivity contribution < 1.29 is 13.6 Å². The summed E-state index contributed by atoms with van der Waals surface area (Å²) < 4.78 is 28.6. The Bertz CT molecular complexity index is 947. The van der Waals surface area contributed by atoms with Gasteiger partial charge in [-0.3, -0.25) is 14.2 Å². The van der Waals surface area contributed by atoms with Gasteiger partial charge in [0.05, 0.1) is 6.54 Å². The Balaban J connectivity index is 1.68. The van der Waals surface area contributed by atoms with Gasteiger partial charge in [0, 0.05) is 18.0 Å². The number of hydrogen-bond acceptors (Lipinski definition) is 3. The number of benzene rings is 1. The van der Waals surface area contributed by atoms with E-state index >= 15 is 0 Å². The fourth-order valence-electron chi connectivity index (χ4n) is 2.83. The third-order valence-corrected chi connectivity index (χ3v) is 4.40. The number of carbonyl (C=O) groups is 1. The number of aromatic nitrogens is 4. The van der Waals surface area contributed by atoms with Crippen LogP contribution in [-0.4, -0.2) is 25.5 Å². The number of alkyl halides is 2. The number of anilines is 1. The predicted octanol–water partition coefficient (Wildman–Crippen LogP) is 3.88. The first-order chi connectivity index (χ1) is 12.8. The maximum absolute atomic E-state index is 12.8. The Labute approximate surface area is 155 Å². The Hall–Kier alpha value is -3.03. The SMILES string of the molecule is Cc1ccccc1Cn1ccc(NC(=O)C(C)n2nc(C(F)F)cc2C)n1. The molecule has 1 aromatic carbocycles. The van der Waals surface area contributed by atoms with Gasteiger partial charge in [0.15, 0.2) is 5.82 Å². The van der Waals surface area contributed by atoms with Gasteiger partial charge in [0.2, 0.25) is 5.91 Å². The highest BCUT2D eigenvalue weighted by Crippen LogP contribution is 2.21. The Morgan fingerprint density at radius 1 is 1.19 bits per heavy atom. The average Bonchev–Trinajstić information content (AvgIpc) is 3.23. The molecule has 3 rings (SSSR count). The molecule has 27 heavy (non-hydrogen) atoms. The van der Waals surface area contributed by atoms with Crippen LogP contribution in [0, 0.1) is 13.8 Å². The number of nitrogens with zero attached hydrogens (tertiary/aromatic N) is 4. The number of aryl methyl sites for hydroxylation is 2. The monoisotopic (exact) mass is 373 g/mol. The number of amides is 1. The van der Waals surface area contributed by atoms with Gasteiger partial charge in [0.25, 0.3) is 6.43 Å². The maximum Gasteiger partial charge on any atom is 0.282 e. The van der Waals surface area contributed by atoms with Crippen LogP contribution in [0.25, 0.3) is 0 Å². The van der Waals surface area contributed by atoms with E-state index in [0.717, 1.165) is 11.1 Å². The van der Waals surface area contributed by atoms with Crippen LogP contribution in [0.4, 0.5) is 14.6 Å². The molecule has 8 heteroatoms. The van der Waals surface area contributed by atoms with Crippen molar-refractivity contribution in [2.45, 2.75) is 39.8 Å². The highest BCUT2D eigenvalue weighted by molar-refractivity contribution is 5.92. The smallest absolute Gasteiger partial charge is 0.282 e. The first-order valence-electron chi connectivity index (χ1n) is 8.58. The molecule has 0 spiro atoms. The summed E-state index contributed by atoms with van der Waals surface area (Å²) in [6, 6.07) is 10.2. The molecule has 6 nitrogen and oxygen atoms in total. The predicted molar refractivity (Wildman–Crippen MR) is 97.8 cm³/mol. The molecule has 2 aromatic heterocycles. The Morgan fingerprint density at radius 2 is 1.93 bits per heavy atom. The molecule has 0 fully saturated rings. The second kappa shape index (κ2) is 7.69. The number of carbonyl (C=O) groups excluding carboxylic acids is 1. The van der Waals surface area contributed by atoms with Crippen LogP contribution in [0.1, 0.15) is 41.9 Å². The lowest BCUT2D eigenvalue weighted by Gasteiger charge is -2.13. The second-order valence-corrected chi connectivity index (χ2v) is 6.45. The largest absolute Gasteiger partial charge is 0.307 e. The van der Waals surface area contributed by atoms with Crippen molar-refractivity contribution in [3.63, 3.8) is 0 Å². The molecule has 0 aliphatic heterocycles. The van der Waals surface area contributed by atoms with Crippen LogP contribution in [0.3, 0.4) is 0 Å². The first-order valence-corrected chi connectivity index (χ1v) is 8.58. The fourth-order valence-corrected chi connectivity index (χ4v) is 2.83. The lowest BCUT2D eigenvalue weighted by molar-refractivity contribution is -0.119. The van der Waals surface area contributed by atoms with Crippen LogP contribution < -0.4 is 5.32 Å². The highest BCUT2D eigenvalue weighted by Gasteiger charge is 2.21. The standard InChI is InChI=1S/C19H21F2N5O/c1-12-6-4-5-7-15(12)11-25-9-8-17(24-25)22-19(27)14(3)26-13(2)10-16(23-26)18(20)21/h4-10,14,18H,11H2,1-3H3,(H,22,24,27). The van der Waals surface area contributed by atoms with E-state index in [-0.39, 0.29) is 11.6 Å². The molecular weight excluding hydrogens is 352 g/mol. The summed E-state index contributed by atoms with van der Waals surface area (Å²) >= 11 is 0. The molecule has 3 aromatic rings. The Morgan fingerprint density at radius 3 is 2.59 bits per heavy atom. The van der Waals surface area contributed by atoms with Crippen LogP contribution >= 0.6 is 0 Å². The molecule has 1 unspecified atom stereocenters. The van der Waals surface area contributed by atoms with Crippen molar-refractivity contribution in [1.82, 2.24) is 19.6 Å². The summed E-state index contributed by atoms with van der Waals surface area (Å²) in [5.74, 6) is 0.0301. The zero-order valence-corrected chi connectivity index (χ0v) is 15.4. The minimum absolute atomic E-state index is 0.338. The van der Waals surface area contributed by atoms with E-state index in [1.807, 2.05) is 31.2 Å². The van der Waals surface area contributed by atoms with Gasteiger partial charge in [0.1, 0.15) is 11.7 Å². The summed E-state index contributed by atoms with van der Waals surface area (Å²) in [6.45, 7) is 5.87. The van der Waals surface area contributed by atoms with Crippen molar-refractivity contribution in [3.05, 3.63) is 65.1 Å². The van der Waals surface area contributed by atoms with Gasteiger partial charge in [-0.25, -0.2) is 8.78 Å². The molecule has 142 valence electrons. The number of hydrogen-bond donors (Lipinski definition) is 1. The van der Waals surface area contributed by atoms with Crippen LogP contribution in [0.15, 0.2) is 42.6 Å². The molecular formula is C19H21F2N5O. The van der Waals surface area contributed by atoms with Crippen molar-refractivity contribution in [3.8, 4) is 0 Å². The maximum atomic E-state index is 12.8. The zero-order valence-electron chi connectivity index (χ0n) is 15.4. The summed E-state index contributed by atoms with van der Waals surface area (Å²) in [5, 5.41) is 10.9. The van der Waals surface area contributed by atoms with Crippen molar-refractivity contribution in [2.24, 2.45) is 0 Å². The normalized spacial score (nSPS) is 12.4. The molecule has 0 saturated carbocycles. The lowest BCUT2D eigenvalue weighted by Crippen LogP contribution is -2.25. The molecule has 0 radical (unpaired) electrons. The summed E-state index contributed by atoms with van der Waals surface area (Å²) in [6.07, 6.45) is -0.891.